The van der Waals surface area contributed by atoms with Gasteiger partial charge >= 0.3 is 0 Å². The number of amides is 1. The SMILES string of the molecule is Cc1cc(C)n(-c2nnc(SCC(=O)Nc3cccnc3Cl)n2N)n1. The van der Waals surface area contributed by atoms with Crippen molar-refractivity contribution in [2.75, 3.05) is 16.9 Å². The first-order chi connectivity index (χ1) is 12.0. The fourth-order valence-electron chi connectivity index (χ4n) is 2.14. The number of nitrogen functional groups attached to an aromatic ring is 1. The van der Waals surface area contributed by atoms with Crippen LogP contribution in [0, 0.1) is 13.8 Å². The predicted octanol–water partition coefficient (Wildman–Crippen LogP) is 1.57. The molecule has 0 unspecified atom stereocenters. The van der Waals surface area contributed by atoms with Crippen molar-refractivity contribution in [1.29, 1.82) is 0 Å². The van der Waals surface area contributed by atoms with Gasteiger partial charge in [0.2, 0.25) is 11.1 Å². The third-order valence-corrected chi connectivity index (χ3v) is 4.46. The molecule has 11 heteroatoms. The number of halogens is 1. The standard InChI is InChI=1S/C14H15ClN8OS/c1-8-6-9(2)23(21-8)13-19-20-14(22(13)16)25-7-11(24)18-10-4-3-5-17-12(10)15/h3-6H,7,16H2,1-2H3,(H,18,24). The van der Waals surface area contributed by atoms with Crippen LogP contribution in [-0.2, 0) is 4.79 Å². The summed E-state index contributed by atoms with van der Waals surface area (Å²) < 4.78 is 2.90. The summed E-state index contributed by atoms with van der Waals surface area (Å²) >= 11 is 7.07. The van der Waals surface area contributed by atoms with Crippen molar-refractivity contribution in [1.82, 2.24) is 29.6 Å². The Balaban J connectivity index is 1.67. The number of nitrogens with zero attached hydrogens (tertiary/aromatic N) is 6. The lowest BCUT2D eigenvalue weighted by atomic mass is 10.4. The van der Waals surface area contributed by atoms with E-state index in [2.05, 4.69) is 25.6 Å². The second kappa shape index (κ2) is 7.11. The van der Waals surface area contributed by atoms with Gasteiger partial charge in [0.25, 0.3) is 5.95 Å². The molecule has 0 saturated carbocycles. The Hall–Kier alpha value is -2.59. The van der Waals surface area contributed by atoms with Crippen LogP contribution in [0.3, 0.4) is 0 Å². The summed E-state index contributed by atoms with van der Waals surface area (Å²) in [5, 5.41) is 15.7. The second-order valence-electron chi connectivity index (χ2n) is 5.17. The summed E-state index contributed by atoms with van der Waals surface area (Å²) in [6.45, 7) is 3.77. The summed E-state index contributed by atoms with van der Waals surface area (Å²) in [4.78, 5) is 15.9. The van der Waals surface area contributed by atoms with Crippen LogP contribution in [0.1, 0.15) is 11.4 Å². The highest BCUT2D eigenvalue weighted by Crippen LogP contribution is 2.20. The molecular weight excluding hydrogens is 364 g/mol. The van der Waals surface area contributed by atoms with Gasteiger partial charge in [0.1, 0.15) is 0 Å². The third-order valence-electron chi connectivity index (χ3n) is 3.21. The topological polar surface area (TPSA) is 117 Å². The van der Waals surface area contributed by atoms with Crippen LogP contribution < -0.4 is 11.2 Å². The molecule has 0 atom stereocenters. The minimum Gasteiger partial charge on any atom is -0.334 e. The first-order valence-electron chi connectivity index (χ1n) is 7.23. The quantitative estimate of drug-likeness (QED) is 0.393. The van der Waals surface area contributed by atoms with E-state index >= 15 is 0 Å². The maximum Gasteiger partial charge on any atom is 0.271 e. The van der Waals surface area contributed by atoms with Gasteiger partial charge in [0.15, 0.2) is 5.15 Å². The number of hydrogen-bond donors (Lipinski definition) is 2. The Kier molecular flexibility index (Phi) is 4.91. The van der Waals surface area contributed by atoms with Crippen molar-refractivity contribution in [3.05, 3.63) is 40.9 Å². The van der Waals surface area contributed by atoms with Crippen molar-refractivity contribution in [2.45, 2.75) is 19.0 Å². The van der Waals surface area contributed by atoms with Gasteiger partial charge in [0, 0.05) is 11.9 Å². The zero-order valence-corrected chi connectivity index (χ0v) is 15.0. The molecule has 3 aromatic rings. The summed E-state index contributed by atoms with van der Waals surface area (Å²) in [7, 11) is 0. The van der Waals surface area contributed by atoms with E-state index in [-0.39, 0.29) is 16.8 Å². The van der Waals surface area contributed by atoms with Crippen molar-refractivity contribution in [2.24, 2.45) is 0 Å². The predicted molar refractivity (Wildman–Crippen MR) is 95.4 cm³/mol. The van der Waals surface area contributed by atoms with Gasteiger partial charge in [-0.25, -0.2) is 14.3 Å². The molecule has 3 rings (SSSR count). The average molecular weight is 379 g/mol. The number of nitrogens with two attached hydrogens (primary N) is 1. The lowest BCUT2D eigenvalue weighted by Gasteiger charge is -2.06. The van der Waals surface area contributed by atoms with Gasteiger partial charge < -0.3 is 11.2 Å². The first kappa shape index (κ1) is 17.2. The molecule has 0 fully saturated rings. The minimum absolute atomic E-state index is 0.0949. The number of aromatic nitrogens is 6. The van der Waals surface area contributed by atoms with Crippen LogP contribution in [0.25, 0.3) is 5.95 Å². The number of pyridine rings is 1. The molecule has 0 aliphatic rings. The Morgan fingerprint density at radius 2 is 2.20 bits per heavy atom. The van der Waals surface area contributed by atoms with Gasteiger partial charge in [-0.2, -0.15) is 5.10 Å². The summed E-state index contributed by atoms with van der Waals surface area (Å²) in [6, 6.07) is 5.27. The van der Waals surface area contributed by atoms with E-state index < -0.39 is 0 Å². The van der Waals surface area contributed by atoms with Gasteiger partial charge in [-0.15, -0.1) is 10.2 Å². The third kappa shape index (κ3) is 3.74. The number of carbonyl (C=O) groups is 1. The Morgan fingerprint density at radius 3 is 2.88 bits per heavy atom. The maximum absolute atomic E-state index is 12.0. The Labute approximate surface area is 152 Å². The minimum atomic E-state index is -0.254. The summed E-state index contributed by atoms with van der Waals surface area (Å²) in [5.41, 5.74) is 2.19. The fraction of sp³-hybridized carbons (Fsp3) is 0.214. The monoisotopic (exact) mass is 378 g/mol. The Morgan fingerprint density at radius 1 is 1.40 bits per heavy atom. The van der Waals surface area contributed by atoms with Crippen LogP contribution in [0.5, 0.6) is 0 Å². The normalized spacial score (nSPS) is 10.8. The lowest BCUT2D eigenvalue weighted by Crippen LogP contribution is -2.19. The summed E-state index contributed by atoms with van der Waals surface area (Å²) in [5.74, 6) is 6.24. The number of thioether (sulfide) groups is 1. The number of rotatable bonds is 5. The highest BCUT2D eigenvalue weighted by atomic mass is 35.5. The molecule has 3 aromatic heterocycles. The molecule has 130 valence electrons. The van der Waals surface area contributed by atoms with Crippen LogP contribution in [-0.4, -0.2) is 41.3 Å². The van der Waals surface area contributed by atoms with Crippen LogP contribution in [0.4, 0.5) is 5.69 Å². The molecule has 0 aromatic carbocycles. The van der Waals surface area contributed by atoms with Crippen molar-refractivity contribution >= 4 is 35.0 Å². The molecule has 1 amide bonds. The number of aryl methyl sites for hydroxylation is 2. The second-order valence-corrected chi connectivity index (χ2v) is 6.47. The fourth-order valence-corrected chi connectivity index (χ4v) is 2.96. The molecule has 0 aliphatic heterocycles. The Bertz CT molecular complexity index is 921. The maximum atomic E-state index is 12.0. The molecule has 3 N–H and O–H groups in total. The molecule has 3 heterocycles. The van der Waals surface area contributed by atoms with E-state index in [1.165, 1.54) is 4.68 Å². The molecule has 9 nitrogen and oxygen atoms in total. The number of anilines is 1. The number of nitrogens with one attached hydrogen (secondary N) is 1. The van der Waals surface area contributed by atoms with Crippen LogP contribution in [0.15, 0.2) is 29.6 Å². The van der Waals surface area contributed by atoms with Gasteiger partial charge in [-0.05, 0) is 32.0 Å². The molecule has 0 bridgehead atoms. The number of carbonyl (C=O) groups excluding carboxylic acids is 1. The highest BCUT2D eigenvalue weighted by molar-refractivity contribution is 7.99. The zero-order valence-electron chi connectivity index (χ0n) is 13.5. The molecule has 0 saturated heterocycles. The largest absolute Gasteiger partial charge is 0.334 e. The van der Waals surface area contributed by atoms with Gasteiger partial charge in [-0.1, -0.05) is 23.4 Å². The summed E-state index contributed by atoms with van der Waals surface area (Å²) in [6.07, 6.45) is 1.55. The molecule has 0 spiro atoms. The lowest BCUT2D eigenvalue weighted by molar-refractivity contribution is -0.113. The van der Waals surface area contributed by atoms with Gasteiger partial charge in [0.05, 0.1) is 17.1 Å². The van der Waals surface area contributed by atoms with Crippen molar-refractivity contribution < 1.29 is 4.79 Å². The first-order valence-corrected chi connectivity index (χ1v) is 8.59. The van der Waals surface area contributed by atoms with E-state index in [0.717, 1.165) is 23.1 Å². The van der Waals surface area contributed by atoms with Crippen molar-refractivity contribution in [3.8, 4) is 5.95 Å². The molecular formula is C14H15ClN8OS. The molecule has 0 aliphatic carbocycles. The highest BCUT2D eigenvalue weighted by Gasteiger charge is 2.16. The van der Waals surface area contributed by atoms with E-state index in [9.17, 15) is 4.79 Å². The molecule has 0 radical (unpaired) electrons. The smallest absolute Gasteiger partial charge is 0.271 e. The van der Waals surface area contributed by atoms with E-state index in [1.54, 1.807) is 23.0 Å². The van der Waals surface area contributed by atoms with Crippen LogP contribution in [0.2, 0.25) is 5.15 Å². The van der Waals surface area contributed by atoms with E-state index in [1.807, 2.05) is 19.9 Å². The van der Waals surface area contributed by atoms with Crippen LogP contribution >= 0.6 is 23.4 Å². The number of hydrogen-bond acceptors (Lipinski definition) is 7. The van der Waals surface area contributed by atoms with E-state index in [4.69, 9.17) is 17.4 Å². The average Bonchev–Trinajstić information content (AvgIpc) is 3.09. The van der Waals surface area contributed by atoms with Crippen molar-refractivity contribution in [3.63, 3.8) is 0 Å². The van der Waals surface area contributed by atoms with Gasteiger partial charge in [-0.3, -0.25) is 4.79 Å². The molecule has 25 heavy (non-hydrogen) atoms. The zero-order chi connectivity index (χ0) is 18.0. The van der Waals surface area contributed by atoms with E-state index in [0.29, 0.717) is 16.8 Å².